The molecule has 0 radical (unpaired) electrons. The van der Waals surface area contributed by atoms with Crippen LogP contribution in [0.5, 0.6) is 0 Å². The second-order valence-corrected chi connectivity index (χ2v) is 7.94. The van der Waals surface area contributed by atoms with Gasteiger partial charge in [0.25, 0.3) is 0 Å². The highest BCUT2D eigenvalue weighted by atomic mass is 16.5. The van der Waals surface area contributed by atoms with Gasteiger partial charge >= 0.3 is 7.12 Å². The normalized spacial score (nSPS) is 12.9. The first-order valence-electron chi connectivity index (χ1n) is 10.5. The topological polar surface area (TPSA) is 118 Å². The molecule has 1 aliphatic rings. The molecule has 8 nitrogen and oxygen atoms in total. The summed E-state index contributed by atoms with van der Waals surface area (Å²) in [6.45, 7) is 3.88. The zero-order valence-corrected chi connectivity index (χ0v) is 17.7. The van der Waals surface area contributed by atoms with Gasteiger partial charge in [-0.1, -0.05) is 36.4 Å². The van der Waals surface area contributed by atoms with Crippen LogP contribution in [0.25, 0.3) is 16.9 Å². The number of anilines is 1. The molecule has 0 aliphatic carbocycles. The molecule has 5 N–H and O–H groups in total. The van der Waals surface area contributed by atoms with E-state index < -0.39 is 7.12 Å². The molecule has 2 aromatic carbocycles. The molecule has 0 fully saturated rings. The Balaban J connectivity index is 1.54. The van der Waals surface area contributed by atoms with Crippen LogP contribution in [-0.4, -0.2) is 31.7 Å². The lowest BCUT2D eigenvalue weighted by molar-refractivity contribution is 0.133. The van der Waals surface area contributed by atoms with Gasteiger partial charge in [0.2, 0.25) is 5.95 Å². The van der Waals surface area contributed by atoms with Gasteiger partial charge in [0.1, 0.15) is 5.82 Å². The van der Waals surface area contributed by atoms with Crippen LogP contribution in [0.3, 0.4) is 0 Å². The van der Waals surface area contributed by atoms with Gasteiger partial charge < -0.3 is 25.8 Å². The lowest BCUT2D eigenvalue weighted by atomic mass is 9.80. The summed E-state index contributed by atoms with van der Waals surface area (Å²) in [6.07, 6.45) is 0. The van der Waals surface area contributed by atoms with Gasteiger partial charge in [-0.3, -0.25) is 4.57 Å². The molecule has 2 aromatic heterocycles. The van der Waals surface area contributed by atoms with Crippen molar-refractivity contribution in [2.45, 2.75) is 33.2 Å². The Kier molecular flexibility index (Phi) is 5.40. The van der Waals surface area contributed by atoms with Crippen molar-refractivity contribution in [2.24, 2.45) is 5.73 Å². The van der Waals surface area contributed by atoms with Gasteiger partial charge in [-0.05, 0) is 35.6 Å². The quantitative estimate of drug-likeness (QED) is 0.343. The second-order valence-electron chi connectivity index (χ2n) is 7.94. The van der Waals surface area contributed by atoms with Crippen molar-refractivity contribution in [1.82, 2.24) is 14.5 Å². The molecule has 0 unspecified atom stereocenters. The standard InChI is InChI=1S/C23H24BN5O3/c1-14-8-18-16(10-25)5-3-7-21(18)29(14)23-27-20-13-32-12-19(20)22(28-23)26-11-15-4-2-6-17(9-15)24(30)31/h2-9,30-31H,10-13,25H2,1H3,(H,26,27,28). The molecule has 0 saturated carbocycles. The fraction of sp³-hybridized carbons (Fsp3) is 0.217. The van der Waals surface area contributed by atoms with E-state index in [9.17, 15) is 10.0 Å². The molecule has 162 valence electrons. The predicted molar refractivity (Wildman–Crippen MR) is 124 cm³/mol. The fourth-order valence-corrected chi connectivity index (χ4v) is 4.20. The molecular formula is C23H24BN5O3. The number of nitrogens with zero attached hydrogens (tertiary/aromatic N) is 3. The van der Waals surface area contributed by atoms with Crippen molar-refractivity contribution >= 4 is 29.3 Å². The van der Waals surface area contributed by atoms with Gasteiger partial charge in [0.15, 0.2) is 0 Å². The minimum Gasteiger partial charge on any atom is -0.423 e. The molecule has 0 saturated heterocycles. The first kappa shape index (κ1) is 20.7. The van der Waals surface area contributed by atoms with E-state index in [0.29, 0.717) is 43.5 Å². The summed E-state index contributed by atoms with van der Waals surface area (Å²) in [7, 11) is -1.50. The maximum Gasteiger partial charge on any atom is 0.488 e. The number of aryl methyl sites for hydroxylation is 1. The van der Waals surface area contributed by atoms with Crippen LogP contribution in [0, 0.1) is 6.92 Å². The van der Waals surface area contributed by atoms with Crippen LogP contribution in [0.4, 0.5) is 5.82 Å². The Labute approximate surface area is 185 Å². The molecule has 3 heterocycles. The number of fused-ring (bicyclic) bond motifs is 2. The monoisotopic (exact) mass is 429 g/mol. The Morgan fingerprint density at radius 1 is 1.12 bits per heavy atom. The Bertz CT molecular complexity index is 1300. The highest BCUT2D eigenvalue weighted by Crippen LogP contribution is 2.30. The minimum absolute atomic E-state index is 0.442. The van der Waals surface area contributed by atoms with Crippen LogP contribution in [0.1, 0.15) is 28.1 Å². The Morgan fingerprint density at radius 3 is 2.78 bits per heavy atom. The third-order valence-corrected chi connectivity index (χ3v) is 5.82. The zero-order chi connectivity index (χ0) is 22.2. The fourth-order valence-electron chi connectivity index (χ4n) is 4.20. The van der Waals surface area contributed by atoms with Crippen molar-refractivity contribution in [3.05, 3.63) is 76.6 Å². The molecule has 32 heavy (non-hydrogen) atoms. The highest BCUT2D eigenvalue weighted by molar-refractivity contribution is 6.58. The second kappa shape index (κ2) is 8.36. The number of aromatic nitrogens is 3. The Morgan fingerprint density at radius 2 is 1.97 bits per heavy atom. The first-order chi connectivity index (χ1) is 15.5. The summed E-state index contributed by atoms with van der Waals surface area (Å²) in [5.74, 6) is 1.30. The van der Waals surface area contributed by atoms with Crippen molar-refractivity contribution in [2.75, 3.05) is 5.32 Å². The first-order valence-corrected chi connectivity index (χ1v) is 10.5. The third-order valence-electron chi connectivity index (χ3n) is 5.82. The Hall–Kier alpha value is -3.24. The van der Waals surface area contributed by atoms with Gasteiger partial charge in [0, 0.05) is 29.7 Å². The molecular weight excluding hydrogens is 405 g/mol. The van der Waals surface area contributed by atoms with E-state index in [0.717, 1.165) is 39.0 Å². The number of hydrogen-bond donors (Lipinski definition) is 4. The van der Waals surface area contributed by atoms with Crippen LogP contribution >= 0.6 is 0 Å². The summed E-state index contributed by atoms with van der Waals surface area (Å²) in [5, 5.41) is 23.4. The van der Waals surface area contributed by atoms with Crippen molar-refractivity contribution in [3.8, 4) is 5.95 Å². The summed E-state index contributed by atoms with van der Waals surface area (Å²) < 4.78 is 7.69. The van der Waals surface area contributed by atoms with Crippen molar-refractivity contribution in [3.63, 3.8) is 0 Å². The average Bonchev–Trinajstić information content (AvgIpc) is 3.40. The molecule has 0 spiro atoms. The number of ether oxygens (including phenoxy) is 1. The van der Waals surface area contributed by atoms with Crippen LogP contribution in [0.2, 0.25) is 0 Å². The minimum atomic E-state index is -1.50. The molecule has 0 amide bonds. The molecule has 5 rings (SSSR count). The molecule has 9 heteroatoms. The van der Waals surface area contributed by atoms with E-state index in [4.69, 9.17) is 20.4 Å². The van der Waals surface area contributed by atoms with E-state index in [1.807, 2.05) is 35.8 Å². The number of nitrogens with two attached hydrogens (primary N) is 1. The maximum atomic E-state index is 9.44. The zero-order valence-electron chi connectivity index (χ0n) is 17.7. The van der Waals surface area contributed by atoms with Crippen molar-refractivity contribution < 1.29 is 14.8 Å². The average molecular weight is 429 g/mol. The molecule has 4 aromatic rings. The summed E-state index contributed by atoms with van der Waals surface area (Å²) in [4.78, 5) is 9.66. The SMILES string of the molecule is Cc1cc2c(CN)cccc2n1-c1nc2c(c(NCc3cccc(B(O)O)c3)n1)COC2. The predicted octanol–water partition coefficient (Wildman–Crippen LogP) is 1.51. The summed E-state index contributed by atoms with van der Waals surface area (Å²) in [5.41, 5.74) is 12.2. The van der Waals surface area contributed by atoms with Gasteiger partial charge in [-0.15, -0.1) is 0 Å². The maximum absolute atomic E-state index is 9.44. The lowest BCUT2D eigenvalue weighted by Crippen LogP contribution is -2.30. The smallest absolute Gasteiger partial charge is 0.423 e. The highest BCUT2D eigenvalue weighted by Gasteiger charge is 2.22. The number of benzene rings is 2. The molecule has 1 aliphatic heterocycles. The van der Waals surface area contributed by atoms with E-state index in [-0.39, 0.29) is 0 Å². The number of hydrogen-bond acceptors (Lipinski definition) is 7. The van der Waals surface area contributed by atoms with Gasteiger partial charge in [0.05, 0.1) is 24.4 Å². The van der Waals surface area contributed by atoms with E-state index in [1.165, 1.54) is 0 Å². The molecule has 0 bridgehead atoms. The summed E-state index contributed by atoms with van der Waals surface area (Å²) >= 11 is 0. The number of rotatable bonds is 6. The lowest BCUT2D eigenvalue weighted by Gasteiger charge is -2.14. The van der Waals surface area contributed by atoms with E-state index in [2.05, 4.69) is 11.4 Å². The van der Waals surface area contributed by atoms with Crippen LogP contribution in [0.15, 0.2) is 48.5 Å². The van der Waals surface area contributed by atoms with Crippen LogP contribution < -0.4 is 16.5 Å². The third kappa shape index (κ3) is 3.65. The van der Waals surface area contributed by atoms with Crippen molar-refractivity contribution in [1.29, 1.82) is 0 Å². The molecule has 0 atom stereocenters. The van der Waals surface area contributed by atoms with Gasteiger partial charge in [-0.2, -0.15) is 4.98 Å². The summed E-state index contributed by atoms with van der Waals surface area (Å²) in [6, 6.07) is 15.4. The van der Waals surface area contributed by atoms with Gasteiger partial charge in [-0.25, -0.2) is 4.98 Å². The van der Waals surface area contributed by atoms with Crippen LogP contribution in [-0.2, 0) is 31.0 Å². The largest absolute Gasteiger partial charge is 0.488 e. The van der Waals surface area contributed by atoms with E-state index in [1.54, 1.807) is 18.2 Å². The number of nitrogens with one attached hydrogen (secondary N) is 1. The van der Waals surface area contributed by atoms with E-state index >= 15 is 0 Å².